The van der Waals surface area contributed by atoms with Gasteiger partial charge in [-0.05, 0) is 31.5 Å². The number of sulfone groups is 1. The van der Waals surface area contributed by atoms with Crippen molar-refractivity contribution in [2.75, 3.05) is 32.3 Å². The molecule has 1 saturated heterocycles. The summed E-state index contributed by atoms with van der Waals surface area (Å²) in [5.74, 6) is -0.541. The zero-order chi connectivity index (χ0) is 19.8. The maximum atomic E-state index is 12.3. The first kappa shape index (κ1) is 19.2. The van der Waals surface area contributed by atoms with E-state index in [1.54, 1.807) is 32.2 Å². The summed E-state index contributed by atoms with van der Waals surface area (Å²) in [6.45, 7) is 1.24. The topological polar surface area (TPSA) is 103 Å². The van der Waals surface area contributed by atoms with Crippen molar-refractivity contribution >= 4 is 32.7 Å². The van der Waals surface area contributed by atoms with Crippen LogP contribution in [0.25, 0.3) is 11.0 Å². The van der Waals surface area contributed by atoms with E-state index >= 15 is 0 Å². The van der Waals surface area contributed by atoms with Crippen molar-refractivity contribution in [2.24, 2.45) is 0 Å². The predicted octanol–water partition coefficient (Wildman–Crippen LogP) is 1.55. The van der Waals surface area contributed by atoms with Crippen LogP contribution in [0, 0.1) is 6.92 Å². The Bertz CT molecular complexity index is 993. The molecule has 2 heterocycles. The lowest BCUT2D eigenvalue weighted by molar-refractivity contribution is -0.134. The molecule has 3 rings (SSSR count). The van der Waals surface area contributed by atoms with Gasteiger partial charge >= 0.3 is 5.97 Å². The number of nitrogens with zero attached hydrogens (tertiary/aromatic N) is 1. The lowest BCUT2D eigenvalue weighted by Crippen LogP contribution is -2.40. The minimum absolute atomic E-state index is 0.0251. The van der Waals surface area contributed by atoms with Crippen molar-refractivity contribution in [3.63, 3.8) is 0 Å². The lowest BCUT2D eigenvalue weighted by atomic mass is 10.1. The molecular weight excluding hydrogens is 374 g/mol. The second-order valence-electron chi connectivity index (χ2n) is 6.56. The number of ether oxygens (including phenoxy) is 2. The van der Waals surface area contributed by atoms with Crippen LogP contribution < -0.4 is 4.74 Å². The molecule has 0 radical (unpaired) electrons. The molecule has 0 bridgehead atoms. The Morgan fingerprint density at radius 3 is 2.70 bits per heavy atom. The molecule has 1 amide bonds. The van der Waals surface area contributed by atoms with Gasteiger partial charge in [0.05, 0.1) is 18.6 Å². The van der Waals surface area contributed by atoms with E-state index in [0.29, 0.717) is 23.3 Å². The molecule has 0 aliphatic carbocycles. The fourth-order valence-electron chi connectivity index (χ4n) is 3.10. The summed E-state index contributed by atoms with van der Waals surface area (Å²) >= 11 is 0. The second-order valence-corrected chi connectivity index (χ2v) is 8.78. The number of carbonyl (C=O) groups is 2. The van der Waals surface area contributed by atoms with Gasteiger partial charge in [0.15, 0.2) is 16.4 Å². The van der Waals surface area contributed by atoms with Gasteiger partial charge in [-0.1, -0.05) is 0 Å². The number of carbonyl (C=O) groups excluding carboxylic acids is 2. The van der Waals surface area contributed by atoms with Crippen molar-refractivity contribution in [2.45, 2.75) is 19.4 Å². The zero-order valence-electron chi connectivity index (χ0n) is 15.4. The Kier molecular flexibility index (Phi) is 5.14. The summed E-state index contributed by atoms with van der Waals surface area (Å²) in [4.78, 5) is 25.9. The molecule has 27 heavy (non-hydrogen) atoms. The standard InChI is InChI=1S/C18H21NO7S/c1-11-14-8-13(24-3)4-5-15(14)26-17(11)18(21)25-9-16(20)19(2)12-6-7-27(22,23)10-12/h4-5,8,12H,6-7,9-10H2,1-3H3/t12-/m1/s1. The highest BCUT2D eigenvalue weighted by Gasteiger charge is 2.33. The number of rotatable bonds is 5. The first-order valence-corrected chi connectivity index (χ1v) is 10.2. The monoisotopic (exact) mass is 395 g/mol. The van der Waals surface area contributed by atoms with Crippen LogP contribution in [0.3, 0.4) is 0 Å². The van der Waals surface area contributed by atoms with E-state index in [0.717, 1.165) is 5.39 Å². The number of likely N-dealkylation sites (N-methyl/N-ethyl adjacent to an activating group) is 1. The number of hydrogen-bond donors (Lipinski definition) is 0. The first-order chi connectivity index (χ1) is 12.7. The van der Waals surface area contributed by atoms with Gasteiger partial charge in [-0.15, -0.1) is 0 Å². The van der Waals surface area contributed by atoms with Gasteiger partial charge < -0.3 is 18.8 Å². The minimum Gasteiger partial charge on any atom is -0.497 e. The molecule has 0 unspecified atom stereocenters. The molecular formula is C18H21NO7S. The minimum atomic E-state index is -3.10. The maximum absolute atomic E-state index is 12.3. The highest BCUT2D eigenvalue weighted by molar-refractivity contribution is 7.91. The summed E-state index contributed by atoms with van der Waals surface area (Å²) in [5, 5.41) is 0.723. The van der Waals surface area contributed by atoms with Gasteiger partial charge in [0, 0.05) is 24.0 Å². The molecule has 0 spiro atoms. The summed E-state index contributed by atoms with van der Waals surface area (Å²) in [6.07, 6.45) is 0.392. The molecule has 1 fully saturated rings. The van der Waals surface area contributed by atoms with Crippen LogP contribution in [0.4, 0.5) is 0 Å². The van der Waals surface area contributed by atoms with Crippen LogP contribution >= 0.6 is 0 Å². The largest absolute Gasteiger partial charge is 0.497 e. The summed E-state index contributed by atoms with van der Waals surface area (Å²) in [6, 6.07) is 4.78. The van der Waals surface area contributed by atoms with Gasteiger partial charge in [-0.2, -0.15) is 0 Å². The van der Waals surface area contributed by atoms with Crippen molar-refractivity contribution in [3.05, 3.63) is 29.5 Å². The number of amides is 1. The van der Waals surface area contributed by atoms with Crippen LogP contribution in [-0.2, 0) is 19.4 Å². The van der Waals surface area contributed by atoms with E-state index in [-0.39, 0.29) is 23.3 Å². The van der Waals surface area contributed by atoms with Crippen LogP contribution in [0.15, 0.2) is 22.6 Å². The van der Waals surface area contributed by atoms with Crippen molar-refractivity contribution < 1.29 is 31.9 Å². The molecule has 1 aliphatic heterocycles. The van der Waals surface area contributed by atoms with Crippen LogP contribution in [0.5, 0.6) is 5.75 Å². The molecule has 8 nitrogen and oxygen atoms in total. The maximum Gasteiger partial charge on any atom is 0.375 e. The van der Waals surface area contributed by atoms with Gasteiger partial charge in [0.1, 0.15) is 11.3 Å². The molecule has 9 heteroatoms. The molecule has 1 aliphatic rings. The average molecular weight is 395 g/mol. The molecule has 1 aromatic carbocycles. The molecule has 1 aromatic heterocycles. The van der Waals surface area contributed by atoms with Gasteiger partial charge in [0.2, 0.25) is 5.76 Å². The smallest absolute Gasteiger partial charge is 0.375 e. The van der Waals surface area contributed by atoms with Gasteiger partial charge in [-0.25, -0.2) is 13.2 Å². The molecule has 1 atom stereocenters. The number of fused-ring (bicyclic) bond motifs is 1. The molecule has 146 valence electrons. The van der Waals surface area contributed by atoms with E-state index in [1.807, 2.05) is 0 Å². The van der Waals surface area contributed by atoms with E-state index in [2.05, 4.69) is 0 Å². The average Bonchev–Trinajstić information content (AvgIpc) is 3.18. The zero-order valence-corrected chi connectivity index (χ0v) is 16.2. The van der Waals surface area contributed by atoms with Crippen molar-refractivity contribution in [3.8, 4) is 5.75 Å². The van der Waals surface area contributed by atoms with Crippen molar-refractivity contribution in [1.29, 1.82) is 0 Å². The number of esters is 1. The molecule has 2 aromatic rings. The third-order valence-corrected chi connectivity index (χ3v) is 6.56. The van der Waals surface area contributed by atoms with E-state index in [1.165, 1.54) is 11.9 Å². The van der Waals surface area contributed by atoms with Gasteiger partial charge in [0.25, 0.3) is 5.91 Å². The predicted molar refractivity (Wildman–Crippen MR) is 97.6 cm³/mol. The van der Waals surface area contributed by atoms with Crippen LogP contribution in [0.2, 0.25) is 0 Å². The lowest BCUT2D eigenvalue weighted by Gasteiger charge is -2.23. The summed E-state index contributed by atoms with van der Waals surface area (Å²) < 4.78 is 38.9. The van der Waals surface area contributed by atoms with E-state index < -0.39 is 28.3 Å². The highest BCUT2D eigenvalue weighted by Crippen LogP contribution is 2.29. The third-order valence-electron chi connectivity index (χ3n) is 4.80. The summed E-state index contributed by atoms with van der Waals surface area (Å²) in [7, 11) is -0.0420. The second kappa shape index (κ2) is 7.22. The number of methoxy groups -OCH3 is 1. The third kappa shape index (κ3) is 3.92. The van der Waals surface area contributed by atoms with Crippen LogP contribution in [-0.4, -0.2) is 63.5 Å². The van der Waals surface area contributed by atoms with E-state index in [9.17, 15) is 18.0 Å². The highest BCUT2D eigenvalue weighted by atomic mass is 32.2. The van der Waals surface area contributed by atoms with Crippen LogP contribution in [0.1, 0.15) is 22.5 Å². The fraction of sp³-hybridized carbons (Fsp3) is 0.444. The Morgan fingerprint density at radius 1 is 1.33 bits per heavy atom. The van der Waals surface area contributed by atoms with Crippen molar-refractivity contribution in [1.82, 2.24) is 4.90 Å². The Hall–Kier alpha value is -2.55. The Labute approximate surface area is 156 Å². The van der Waals surface area contributed by atoms with E-state index in [4.69, 9.17) is 13.9 Å². The first-order valence-electron chi connectivity index (χ1n) is 8.42. The number of aryl methyl sites for hydroxylation is 1. The fourth-order valence-corrected chi connectivity index (χ4v) is 4.88. The SMILES string of the molecule is COc1ccc2oc(C(=O)OCC(=O)N(C)[C@@H]3CCS(=O)(=O)C3)c(C)c2c1. The number of hydrogen-bond acceptors (Lipinski definition) is 7. The Balaban J connectivity index is 1.66. The molecule has 0 saturated carbocycles. The summed E-state index contributed by atoms with van der Waals surface area (Å²) in [5.41, 5.74) is 1.11. The normalized spacial score (nSPS) is 18.4. The molecule has 0 N–H and O–H groups in total. The number of furan rings is 1. The Morgan fingerprint density at radius 2 is 2.07 bits per heavy atom. The number of benzene rings is 1. The quantitative estimate of drug-likeness (QED) is 0.708. The van der Waals surface area contributed by atoms with Gasteiger partial charge in [-0.3, -0.25) is 4.79 Å².